The molecular formula is C30H42O2. The Hall–Kier alpha value is -3.00. The molecular weight excluding hydrogens is 392 g/mol. The largest absolute Gasteiger partial charge is 0.289 e. The smallest absolute Gasteiger partial charge is 0.193 e. The van der Waals surface area contributed by atoms with Crippen molar-refractivity contribution in [3.8, 4) is 0 Å². The molecule has 0 heterocycles. The molecule has 0 aliphatic carbocycles. The molecule has 174 valence electrons. The highest BCUT2D eigenvalue weighted by Crippen LogP contribution is 2.22. The number of hydrogen-bond acceptors (Lipinski definition) is 2. The Bertz CT molecular complexity index is 895. The normalized spacial score (nSPS) is 8.56. The van der Waals surface area contributed by atoms with Crippen LogP contribution in [-0.2, 0) is 0 Å². The second-order valence-corrected chi connectivity index (χ2v) is 5.86. The molecule has 0 amide bonds. The zero-order valence-corrected chi connectivity index (χ0v) is 21.7. The van der Waals surface area contributed by atoms with Crippen LogP contribution in [0.2, 0.25) is 0 Å². The van der Waals surface area contributed by atoms with Crippen LogP contribution in [0.3, 0.4) is 0 Å². The number of aryl methyl sites for hydroxylation is 1. The third-order valence-corrected chi connectivity index (χ3v) is 4.25. The van der Waals surface area contributed by atoms with Crippen molar-refractivity contribution in [3.63, 3.8) is 0 Å². The van der Waals surface area contributed by atoms with Gasteiger partial charge in [-0.3, -0.25) is 9.59 Å². The summed E-state index contributed by atoms with van der Waals surface area (Å²) in [6, 6.07) is 21.8. The van der Waals surface area contributed by atoms with E-state index >= 15 is 0 Å². The Morgan fingerprint density at radius 3 is 1.28 bits per heavy atom. The van der Waals surface area contributed by atoms with E-state index in [9.17, 15) is 9.59 Å². The van der Waals surface area contributed by atoms with Crippen LogP contribution in [0, 0.1) is 13.8 Å². The Morgan fingerprint density at radius 2 is 0.875 bits per heavy atom. The van der Waals surface area contributed by atoms with E-state index in [1.807, 2.05) is 112 Å². The molecule has 0 N–H and O–H groups in total. The fraction of sp³-hybridized carbons (Fsp3) is 0.333. The van der Waals surface area contributed by atoms with Crippen LogP contribution in [0.5, 0.6) is 0 Å². The predicted molar refractivity (Wildman–Crippen MR) is 141 cm³/mol. The van der Waals surface area contributed by atoms with E-state index in [0.717, 1.165) is 11.1 Å². The summed E-state index contributed by atoms with van der Waals surface area (Å²) in [6.45, 7) is 19.8. The minimum Gasteiger partial charge on any atom is -0.289 e. The third-order valence-electron chi connectivity index (χ3n) is 4.25. The first kappa shape index (κ1) is 31.2. The summed E-state index contributed by atoms with van der Waals surface area (Å²) in [4.78, 5) is 25.5. The minimum absolute atomic E-state index is 0.0566. The van der Waals surface area contributed by atoms with Gasteiger partial charge in [0.2, 0.25) is 0 Å². The summed E-state index contributed by atoms with van der Waals surface area (Å²) in [7, 11) is 0. The SMILES string of the molecule is CC.CC.CC.CC.Cc1cc(C(=O)c2ccccc2)cc(C(=O)c2ccccc2)c1C. The van der Waals surface area contributed by atoms with Gasteiger partial charge in [0.1, 0.15) is 0 Å². The van der Waals surface area contributed by atoms with E-state index in [2.05, 4.69) is 0 Å². The number of hydrogen-bond donors (Lipinski definition) is 0. The number of carbonyl (C=O) groups excluding carboxylic acids is 2. The summed E-state index contributed by atoms with van der Waals surface area (Å²) in [5.41, 5.74) is 4.23. The van der Waals surface area contributed by atoms with Gasteiger partial charge in [-0.05, 0) is 37.1 Å². The van der Waals surface area contributed by atoms with Crippen LogP contribution in [0.4, 0.5) is 0 Å². The van der Waals surface area contributed by atoms with Gasteiger partial charge >= 0.3 is 0 Å². The van der Waals surface area contributed by atoms with Crippen molar-refractivity contribution in [1.29, 1.82) is 0 Å². The van der Waals surface area contributed by atoms with E-state index in [0.29, 0.717) is 22.3 Å². The summed E-state index contributed by atoms with van der Waals surface area (Å²) >= 11 is 0. The molecule has 0 radical (unpaired) electrons. The highest BCUT2D eigenvalue weighted by atomic mass is 16.1. The lowest BCUT2D eigenvalue weighted by Crippen LogP contribution is -2.09. The second-order valence-electron chi connectivity index (χ2n) is 5.86. The van der Waals surface area contributed by atoms with Crippen molar-refractivity contribution in [2.24, 2.45) is 0 Å². The Labute approximate surface area is 196 Å². The maximum Gasteiger partial charge on any atom is 0.193 e. The number of benzene rings is 3. The molecule has 0 aromatic heterocycles. The van der Waals surface area contributed by atoms with Gasteiger partial charge < -0.3 is 0 Å². The molecule has 0 fully saturated rings. The molecule has 0 saturated carbocycles. The first-order valence-electron chi connectivity index (χ1n) is 11.9. The molecule has 3 aromatic carbocycles. The van der Waals surface area contributed by atoms with Gasteiger partial charge in [0.05, 0.1) is 0 Å². The van der Waals surface area contributed by atoms with Crippen molar-refractivity contribution in [3.05, 3.63) is 106 Å². The summed E-state index contributed by atoms with van der Waals surface area (Å²) in [5.74, 6) is -0.125. The lowest BCUT2D eigenvalue weighted by molar-refractivity contribution is 0.103. The highest BCUT2D eigenvalue weighted by Gasteiger charge is 2.17. The van der Waals surface area contributed by atoms with E-state index in [-0.39, 0.29) is 11.6 Å². The van der Waals surface area contributed by atoms with Crippen LogP contribution in [0.25, 0.3) is 0 Å². The molecule has 3 rings (SSSR count). The lowest BCUT2D eigenvalue weighted by atomic mass is 9.91. The fourth-order valence-corrected chi connectivity index (χ4v) is 2.73. The second kappa shape index (κ2) is 18.7. The van der Waals surface area contributed by atoms with Crippen LogP contribution in [-0.4, -0.2) is 11.6 Å². The first-order chi connectivity index (χ1) is 15.6. The Morgan fingerprint density at radius 1 is 0.500 bits per heavy atom. The molecule has 0 spiro atoms. The standard InChI is InChI=1S/C22H18O2.4C2H6/c1-15-13-19(21(23)17-9-5-3-6-10-17)14-20(16(15)2)22(24)18-11-7-4-8-12-18;4*1-2/h3-14H,1-2H3;4*1-2H3. The molecule has 2 nitrogen and oxygen atoms in total. The van der Waals surface area contributed by atoms with E-state index < -0.39 is 0 Å². The van der Waals surface area contributed by atoms with Gasteiger partial charge in [-0.15, -0.1) is 0 Å². The van der Waals surface area contributed by atoms with Gasteiger partial charge in [0.25, 0.3) is 0 Å². The van der Waals surface area contributed by atoms with E-state index in [1.165, 1.54) is 0 Å². The van der Waals surface area contributed by atoms with Crippen LogP contribution < -0.4 is 0 Å². The van der Waals surface area contributed by atoms with Crippen LogP contribution >= 0.6 is 0 Å². The summed E-state index contributed by atoms with van der Waals surface area (Å²) in [5, 5.41) is 0. The van der Waals surface area contributed by atoms with Crippen molar-refractivity contribution >= 4 is 11.6 Å². The van der Waals surface area contributed by atoms with Crippen molar-refractivity contribution in [2.45, 2.75) is 69.2 Å². The minimum atomic E-state index is -0.0687. The molecule has 32 heavy (non-hydrogen) atoms. The quantitative estimate of drug-likeness (QED) is 0.384. The van der Waals surface area contributed by atoms with Gasteiger partial charge in [-0.1, -0.05) is 116 Å². The van der Waals surface area contributed by atoms with Gasteiger partial charge in [0, 0.05) is 22.3 Å². The van der Waals surface area contributed by atoms with Gasteiger partial charge in [-0.2, -0.15) is 0 Å². The summed E-state index contributed by atoms with van der Waals surface area (Å²) in [6.07, 6.45) is 0. The zero-order valence-electron chi connectivity index (χ0n) is 21.7. The highest BCUT2D eigenvalue weighted by molar-refractivity contribution is 6.14. The van der Waals surface area contributed by atoms with Gasteiger partial charge in [0.15, 0.2) is 11.6 Å². The van der Waals surface area contributed by atoms with Crippen molar-refractivity contribution < 1.29 is 9.59 Å². The molecule has 0 unspecified atom stereocenters. The molecule has 0 aliphatic rings. The molecule has 0 saturated heterocycles. The van der Waals surface area contributed by atoms with Crippen LogP contribution in [0.15, 0.2) is 72.8 Å². The molecule has 0 aliphatic heterocycles. The number of ketones is 2. The lowest BCUT2D eigenvalue weighted by Gasteiger charge is -2.11. The number of rotatable bonds is 4. The van der Waals surface area contributed by atoms with Crippen molar-refractivity contribution in [1.82, 2.24) is 0 Å². The van der Waals surface area contributed by atoms with Crippen molar-refractivity contribution in [2.75, 3.05) is 0 Å². The maximum atomic E-state index is 12.8. The zero-order chi connectivity index (χ0) is 25.1. The molecule has 3 aromatic rings. The fourth-order valence-electron chi connectivity index (χ4n) is 2.73. The van der Waals surface area contributed by atoms with E-state index in [4.69, 9.17) is 0 Å². The average Bonchev–Trinajstić information content (AvgIpc) is 2.90. The predicted octanol–water partition coefficient (Wildman–Crippen LogP) is 8.87. The number of carbonyl (C=O) groups is 2. The maximum absolute atomic E-state index is 12.8. The van der Waals surface area contributed by atoms with Crippen LogP contribution in [0.1, 0.15) is 98.4 Å². The summed E-state index contributed by atoms with van der Waals surface area (Å²) < 4.78 is 0. The molecule has 2 heteroatoms. The monoisotopic (exact) mass is 434 g/mol. The van der Waals surface area contributed by atoms with Gasteiger partial charge in [-0.25, -0.2) is 0 Å². The Kier molecular flexibility index (Phi) is 18.3. The average molecular weight is 435 g/mol. The first-order valence-corrected chi connectivity index (χ1v) is 11.9. The Balaban J connectivity index is 0. The molecule has 0 atom stereocenters. The topological polar surface area (TPSA) is 34.1 Å². The van der Waals surface area contributed by atoms with E-state index in [1.54, 1.807) is 30.3 Å². The third kappa shape index (κ3) is 9.01. The molecule has 0 bridgehead atoms.